The van der Waals surface area contributed by atoms with E-state index in [1.807, 2.05) is 34.8 Å². The van der Waals surface area contributed by atoms with Crippen molar-refractivity contribution in [1.82, 2.24) is 13.7 Å². The van der Waals surface area contributed by atoms with Gasteiger partial charge in [0, 0.05) is 100 Å². The molecule has 11 aromatic carbocycles. The van der Waals surface area contributed by atoms with Crippen molar-refractivity contribution >= 4 is 128 Å². The minimum absolute atomic E-state index is 0.341. The van der Waals surface area contributed by atoms with Gasteiger partial charge in [0.2, 0.25) is 0 Å². The van der Waals surface area contributed by atoms with Crippen LogP contribution in [0, 0.1) is 11.6 Å². The number of thiophene rings is 2. The molecule has 5 aromatic heterocycles. The van der Waals surface area contributed by atoms with Crippen LogP contribution in [0.1, 0.15) is 19.4 Å². The maximum Gasteiger partial charge on any atom is 0.123 e. The summed E-state index contributed by atoms with van der Waals surface area (Å²) in [6.07, 6.45) is 0. The van der Waals surface area contributed by atoms with Crippen molar-refractivity contribution in [1.29, 1.82) is 0 Å². The van der Waals surface area contributed by atoms with Crippen LogP contribution < -0.4 is 0 Å². The van der Waals surface area contributed by atoms with E-state index in [1.165, 1.54) is 63.2 Å². The lowest BCUT2D eigenvalue weighted by Crippen LogP contribution is -2.31. The van der Waals surface area contributed by atoms with E-state index in [0.29, 0.717) is 11.1 Å². The summed E-state index contributed by atoms with van der Waals surface area (Å²) in [5.74, 6) is -0.681. The Morgan fingerprint density at radius 1 is 0.342 bits per heavy atom. The highest BCUT2D eigenvalue weighted by Gasteiger charge is 2.38. The Kier molecular flexibility index (Phi) is 9.20. The Bertz CT molecular complexity index is 4830. The fourth-order valence-corrected chi connectivity index (χ4v) is 15.6. The van der Waals surface area contributed by atoms with Crippen LogP contribution in [-0.2, 0) is 5.54 Å². The molecule has 0 fully saturated rings. The average molecular weight is 1020 g/mol. The van der Waals surface area contributed by atoms with Gasteiger partial charge in [-0.2, -0.15) is 0 Å². The molecule has 5 heterocycles. The Morgan fingerprint density at radius 3 is 1.18 bits per heavy atom. The third-order valence-corrected chi connectivity index (χ3v) is 18.5. The van der Waals surface area contributed by atoms with E-state index in [1.54, 1.807) is 24.3 Å². The first kappa shape index (κ1) is 43.5. The second-order valence-electron chi connectivity index (χ2n) is 20.6. The van der Waals surface area contributed by atoms with Crippen molar-refractivity contribution in [2.24, 2.45) is 0 Å². The van der Waals surface area contributed by atoms with Crippen LogP contribution in [0.4, 0.5) is 8.78 Å². The Labute approximate surface area is 442 Å². The zero-order chi connectivity index (χ0) is 50.6. The fourth-order valence-electron chi connectivity index (χ4n) is 13.0. The summed E-state index contributed by atoms with van der Waals surface area (Å²) < 4.78 is 44.9. The van der Waals surface area contributed by atoms with Gasteiger partial charge in [-0.25, -0.2) is 8.78 Å². The predicted octanol–water partition coefficient (Wildman–Crippen LogP) is 20.1. The van der Waals surface area contributed by atoms with Gasteiger partial charge in [0.1, 0.15) is 11.6 Å². The van der Waals surface area contributed by atoms with Crippen LogP contribution in [0.5, 0.6) is 0 Å². The van der Waals surface area contributed by atoms with Crippen LogP contribution >= 0.6 is 22.7 Å². The number of hydrogen-bond donors (Lipinski definition) is 0. The summed E-state index contributed by atoms with van der Waals surface area (Å²) in [4.78, 5) is 0. The number of hydrogen-bond acceptors (Lipinski definition) is 2. The first-order valence-corrected chi connectivity index (χ1v) is 27.3. The molecule has 0 saturated carbocycles. The van der Waals surface area contributed by atoms with Crippen molar-refractivity contribution in [3.8, 4) is 33.6 Å². The van der Waals surface area contributed by atoms with Crippen molar-refractivity contribution < 1.29 is 8.78 Å². The Hall–Kier alpha value is -8.88. The predicted molar refractivity (Wildman–Crippen MR) is 320 cm³/mol. The molecule has 0 N–H and O–H groups in total. The molecule has 16 rings (SSSR count). The van der Waals surface area contributed by atoms with E-state index in [9.17, 15) is 0 Å². The zero-order valence-electron chi connectivity index (χ0n) is 41.3. The minimum atomic E-state index is -0.919. The van der Waals surface area contributed by atoms with Crippen molar-refractivity contribution in [2.75, 3.05) is 0 Å². The molecule has 0 radical (unpaired) electrons. The van der Waals surface area contributed by atoms with Gasteiger partial charge >= 0.3 is 0 Å². The normalized spacial score (nSPS) is 12.5. The number of halogens is 2. The monoisotopic (exact) mass is 1020 g/mol. The zero-order valence-corrected chi connectivity index (χ0v) is 42.9. The third kappa shape index (κ3) is 6.01. The second-order valence-corrected chi connectivity index (χ2v) is 22.7. The topological polar surface area (TPSA) is 14.8 Å². The lowest BCUT2D eigenvalue weighted by atomic mass is 9.82. The van der Waals surface area contributed by atoms with Gasteiger partial charge < -0.3 is 13.7 Å². The summed E-state index contributed by atoms with van der Waals surface area (Å²) in [6.45, 7) is 4.68. The van der Waals surface area contributed by atoms with Gasteiger partial charge in [-0.1, -0.05) is 146 Å². The quantitative estimate of drug-likeness (QED) is 0.158. The summed E-state index contributed by atoms with van der Waals surface area (Å²) >= 11 is 3.66. The minimum Gasteiger partial charge on any atom is -0.330 e. The van der Waals surface area contributed by atoms with Gasteiger partial charge in [-0.15, -0.1) is 22.7 Å². The molecule has 0 saturated heterocycles. The summed E-state index contributed by atoms with van der Waals surface area (Å²) in [6, 6.07) is 77.7. The van der Waals surface area contributed by atoms with Crippen LogP contribution in [0.15, 0.2) is 224 Å². The molecule has 76 heavy (non-hydrogen) atoms. The second kappa shape index (κ2) is 16.1. The lowest BCUT2D eigenvalue weighted by molar-refractivity contribution is 0.462. The number of aromatic nitrogens is 3. The third-order valence-electron chi connectivity index (χ3n) is 16.1. The average Bonchev–Trinajstić information content (AvgIpc) is 4.44. The molecule has 360 valence electrons. The number of para-hydroxylation sites is 4. The molecule has 0 bridgehead atoms. The molecule has 0 aliphatic heterocycles. The van der Waals surface area contributed by atoms with Gasteiger partial charge in [0.05, 0.1) is 39.0 Å². The SMILES string of the molecule is CC(C)(c1c(-n2c3ccccc3c3c4sc5ccccc5c4ccc32)c(-c2cccc(F)c2)cc(-c2cccc(F)c2)c1-n1c2ccccc2c2c3sc4ccccc4c3ccc21)n1c2ccccc2c2ccccc21. The van der Waals surface area contributed by atoms with Gasteiger partial charge in [0.15, 0.2) is 0 Å². The lowest BCUT2D eigenvalue weighted by Gasteiger charge is -2.37. The molecule has 0 aliphatic carbocycles. The smallest absolute Gasteiger partial charge is 0.123 e. The highest BCUT2D eigenvalue weighted by atomic mass is 32.1. The van der Waals surface area contributed by atoms with Crippen LogP contribution in [-0.4, -0.2) is 13.7 Å². The maximum atomic E-state index is 16.3. The number of nitrogens with zero attached hydrogens (tertiary/aromatic N) is 3. The van der Waals surface area contributed by atoms with E-state index >= 15 is 8.78 Å². The first-order valence-electron chi connectivity index (χ1n) is 25.7. The largest absolute Gasteiger partial charge is 0.330 e. The van der Waals surface area contributed by atoms with Crippen molar-refractivity contribution in [3.63, 3.8) is 0 Å². The number of benzene rings is 11. The molecular formula is C69H43F2N3S2. The maximum absolute atomic E-state index is 16.3. The highest BCUT2D eigenvalue weighted by molar-refractivity contribution is 7.27. The molecule has 3 nitrogen and oxygen atoms in total. The van der Waals surface area contributed by atoms with E-state index in [2.05, 4.69) is 203 Å². The van der Waals surface area contributed by atoms with E-state index < -0.39 is 5.54 Å². The van der Waals surface area contributed by atoms with Gasteiger partial charge in [-0.3, -0.25) is 0 Å². The van der Waals surface area contributed by atoms with Crippen molar-refractivity contribution in [2.45, 2.75) is 19.4 Å². The summed E-state index contributed by atoms with van der Waals surface area (Å²) in [7, 11) is 0. The van der Waals surface area contributed by atoms with E-state index in [4.69, 9.17) is 0 Å². The van der Waals surface area contributed by atoms with Gasteiger partial charge in [-0.05, 0) is 104 Å². The molecule has 16 aromatic rings. The van der Waals surface area contributed by atoms with E-state index in [-0.39, 0.29) is 11.6 Å². The summed E-state index contributed by atoms with van der Waals surface area (Å²) in [5.41, 5.74) is 11.2. The Balaban J connectivity index is 1.20. The molecule has 0 aliphatic rings. The highest BCUT2D eigenvalue weighted by Crippen LogP contribution is 2.54. The molecule has 0 amide bonds. The molecule has 7 heteroatoms. The molecule has 0 unspecified atom stereocenters. The van der Waals surface area contributed by atoms with E-state index in [0.717, 1.165) is 82.7 Å². The van der Waals surface area contributed by atoms with Crippen LogP contribution in [0.25, 0.3) is 139 Å². The van der Waals surface area contributed by atoms with Gasteiger partial charge in [0.25, 0.3) is 0 Å². The fraction of sp³-hybridized carbons (Fsp3) is 0.0435. The molecule has 0 spiro atoms. The van der Waals surface area contributed by atoms with Crippen LogP contribution in [0.3, 0.4) is 0 Å². The van der Waals surface area contributed by atoms with Crippen LogP contribution in [0.2, 0.25) is 0 Å². The standard InChI is InChI=1S/C69H43F2N3S2/c1-69(2,74-56-29-11-3-21-44(56)45-22-4-12-30-57(45)74)64-65(72-54-27-9-5-25-50(54)62-58(72)35-33-48-46-23-7-13-31-60(46)75-67(48)62)52(40-17-15-19-42(70)37-40)39-53(41-18-16-20-43(71)38-41)66(64)73-55-28-10-6-26-51(55)63-59(73)36-34-49-47-24-8-14-32-61(47)76-68(49)63/h3-39H,1-2H3. The van der Waals surface area contributed by atoms with Crippen molar-refractivity contribution in [3.05, 3.63) is 242 Å². The molecule has 0 atom stereocenters. The first-order chi connectivity index (χ1) is 37.3. The number of fused-ring (bicyclic) bond motifs is 17. The summed E-state index contributed by atoms with van der Waals surface area (Å²) in [5, 5.41) is 11.8. The number of rotatable bonds is 6. The molecular weight excluding hydrogens is 973 g/mol. The Morgan fingerprint density at radius 2 is 0.737 bits per heavy atom.